The molecule has 2 amide bonds. The van der Waals surface area contributed by atoms with Gasteiger partial charge in [0, 0.05) is 31.7 Å². The Balaban J connectivity index is 1.59. The molecule has 27 heavy (non-hydrogen) atoms. The third-order valence-corrected chi connectivity index (χ3v) is 4.91. The van der Waals surface area contributed by atoms with Crippen molar-refractivity contribution in [2.45, 2.75) is 19.8 Å². The maximum absolute atomic E-state index is 12.7. The van der Waals surface area contributed by atoms with E-state index >= 15 is 0 Å². The van der Waals surface area contributed by atoms with Crippen LogP contribution in [0.2, 0.25) is 0 Å². The summed E-state index contributed by atoms with van der Waals surface area (Å²) in [5, 5.41) is 0. The Kier molecular flexibility index (Phi) is 6.12. The molecule has 0 aromatic heterocycles. The SMILES string of the molecule is COc1ccc(C(=O)N2CCCN(C(=O)Cc3cccc(C)c3)CC2)cc1. The Morgan fingerprint density at radius 2 is 1.67 bits per heavy atom. The lowest BCUT2D eigenvalue weighted by Gasteiger charge is -2.22. The molecule has 1 aliphatic rings. The molecular formula is C22H26N2O3. The van der Waals surface area contributed by atoms with Crippen molar-refractivity contribution in [2.75, 3.05) is 33.3 Å². The largest absolute Gasteiger partial charge is 0.497 e. The number of carbonyl (C=O) groups is 2. The van der Waals surface area contributed by atoms with Gasteiger partial charge in [-0.1, -0.05) is 29.8 Å². The molecule has 2 aromatic rings. The van der Waals surface area contributed by atoms with Gasteiger partial charge in [0.15, 0.2) is 0 Å². The molecule has 2 aromatic carbocycles. The lowest BCUT2D eigenvalue weighted by molar-refractivity contribution is -0.130. The van der Waals surface area contributed by atoms with Crippen LogP contribution in [0.5, 0.6) is 5.75 Å². The summed E-state index contributed by atoms with van der Waals surface area (Å²) in [7, 11) is 1.61. The van der Waals surface area contributed by atoms with Gasteiger partial charge in [-0.2, -0.15) is 0 Å². The monoisotopic (exact) mass is 366 g/mol. The van der Waals surface area contributed by atoms with Crippen molar-refractivity contribution in [3.8, 4) is 5.75 Å². The summed E-state index contributed by atoms with van der Waals surface area (Å²) < 4.78 is 5.14. The third-order valence-electron chi connectivity index (χ3n) is 4.91. The Labute approximate surface area is 160 Å². The zero-order valence-corrected chi connectivity index (χ0v) is 16.0. The van der Waals surface area contributed by atoms with E-state index in [1.165, 1.54) is 0 Å². The number of hydrogen-bond acceptors (Lipinski definition) is 3. The number of amides is 2. The number of benzene rings is 2. The zero-order valence-electron chi connectivity index (χ0n) is 16.0. The third kappa shape index (κ3) is 4.88. The molecule has 0 bridgehead atoms. The molecule has 0 N–H and O–H groups in total. The number of nitrogens with zero attached hydrogens (tertiary/aromatic N) is 2. The first-order valence-corrected chi connectivity index (χ1v) is 9.33. The number of hydrogen-bond donors (Lipinski definition) is 0. The summed E-state index contributed by atoms with van der Waals surface area (Å²) in [6.45, 7) is 4.52. The Hall–Kier alpha value is -2.82. The van der Waals surface area contributed by atoms with Crippen LogP contribution in [0.15, 0.2) is 48.5 Å². The van der Waals surface area contributed by atoms with Crippen LogP contribution in [0.1, 0.15) is 27.9 Å². The van der Waals surface area contributed by atoms with Crippen LogP contribution in [0.4, 0.5) is 0 Å². The van der Waals surface area contributed by atoms with Gasteiger partial charge in [-0.25, -0.2) is 0 Å². The minimum atomic E-state index is 0.00522. The van der Waals surface area contributed by atoms with Gasteiger partial charge < -0.3 is 14.5 Å². The first-order valence-electron chi connectivity index (χ1n) is 9.33. The minimum absolute atomic E-state index is 0.00522. The summed E-state index contributed by atoms with van der Waals surface area (Å²) in [6, 6.07) is 15.2. The summed E-state index contributed by atoms with van der Waals surface area (Å²) >= 11 is 0. The van der Waals surface area contributed by atoms with Crippen LogP contribution < -0.4 is 4.74 Å². The second kappa shape index (κ2) is 8.71. The van der Waals surface area contributed by atoms with Gasteiger partial charge in [0.2, 0.25) is 5.91 Å². The van der Waals surface area contributed by atoms with E-state index in [1.54, 1.807) is 31.4 Å². The minimum Gasteiger partial charge on any atom is -0.497 e. The second-order valence-corrected chi connectivity index (χ2v) is 6.92. The van der Waals surface area contributed by atoms with Crippen LogP contribution >= 0.6 is 0 Å². The van der Waals surface area contributed by atoms with E-state index in [0.717, 1.165) is 23.3 Å². The van der Waals surface area contributed by atoms with Crippen molar-refractivity contribution in [3.05, 3.63) is 65.2 Å². The first-order chi connectivity index (χ1) is 13.1. The molecule has 5 nitrogen and oxygen atoms in total. The predicted octanol–water partition coefficient (Wildman–Crippen LogP) is 2.92. The van der Waals surface area contributed by atoms with Gasteiger partial charge in [-0.15, -0.1) is 0 Å². The summed E-state index contributed by atoms with van der Waals surface area (Å²) in [5.41, 5.74) is 2.85. The maximum atomic E-state index is 12.7. The molecule has 0 unspecified atom stereocenters. The Bertz CT molecular complexity index is 801. The summed E-state index contributed by atoms with van der Waals surface area (Å²) in [5.74, 6) is 0.861. The number of rotatable bonds is 4. The maximum Gasteiger partial charge on any atom is 0.253 e. The van der Waals surface area contributed by atoms with E-state index in [2.05, 4.69) is 6.07 Å². The highest BCUT2D eigenvalue weighted by Crippen LogP contribution is 2.15. The van der Waals surface area contributed by atoms with Crippen molar-refractivity contribution >= 4 is 11.8 Å². The van der Waals surface area contributed by atoms with Crippen LogP contribution in [0, 0.1) is 6.92 Å². The molecule has 0 radical (unpaired) electrons. The fourth-order valence-electron chi connectivity index (χ4n) is 3.39. The van der Waals surface area contributed by atoms with Crippen molar-refractivity contribution < 1.29 is 14.3 Å². The second-order valence-electron chi connectivity index (χ2n) is 6.92. The number of aryl methyl sites for hydroxylation is 1. The number of carbonyl (C=O) groups excluding carboxylic acids is 2. The van der Waals surface area contributed by atoms with Gasteiger partial charge in [0.05, 0.1) is 13.5 Å². The Morgan fingerprint density at radius 1 is 0.963 bits per heavy atom. The average Bonchev–Trinajstić information content (AvgIpc) is 2.94. The molecule has 0 aliphatic carbocycles. The highest BCUT2D eigenvalue weighted by molar-refractivity contribution is 5.94. The summed E-state index contributed by atoms with van der Waals surface area (Å²) in [4.78, 5) is 29.1. The fourth-order valence-corrected chi connectivity index (χ4v) is 3.39. The van der Waals surface area contributed by atoms with E-state index in [4.69, 9.17) is 4.74 Å². The standard InChI is InChI=1S/C22H26N2O3/c1-17-5-3-6-18(15-17)16-21(25)23-11-4-12-24(14-13-23)22(26)19-7-9-20(27-2)10-8-19/h3,5-10,15H,4,11-14,16H2,1-2H3. The van der Waals surface area contributed by atoms with Gasteiger partial charge in [0.1, 0.15) is 5.75 Å². The first kappa shape index (κ1) is 19.0. The fraction of sp³-hybridized carbons (Fsp3) is 0.364. The quantitative estimate of drug-likeness (QED) is 0.836. The molecule has 5 heteroatoms. The van der Waals surface area contributed by atoms with E-state index < -0.39 is 0 Å². The smallest absolute Gasteiger partial charge is 0.253 e. The zero-order chi connectivity index (χ0) is 19.2. The van der Waals surface area contributed by atoms with E-state index in [1.807, 2.05) is 34.9 Å². The molecule has 0 atom stereocenters. The highest BCUT2D eigenvalue weighted by Gasteiger charge is 2.23. The molecule has 3 rings (SSSR count). The lowest BCUT2D eigenvalue weighted by atomic mass is 10.1. The van der Waals surface area contributed by atoms with Crippen LogP contribution in [0.25, 0.3) is 0 Å². The molecule has 0 saturated carbocycles. The molecule has 1 saturated heterocycles. The van der Waals surface area contributed by atoms with Crippen LogP contribution in [0.3, 0.4) is 0 Å². The molecule has 0 spiro atoms. The van der Waals surface area contributed by atoms with Crippen molar-refractivity contribution in [2.24, 2.45) is 0 Å². The van der Waals surface area contributed by atoms with Crippen molar-refractivity contribution in [3.63, 3.8) is 0 Å². The number of methoxy groups -OCH3 is 1. The van der Waals surface area contributed by atoms with Crippen molar-refractivity contribution in [1.29, 1.82) is 0 Å². The van der Waals surface area contributed by atoms with E-state index in [0.29, 0.717) is 38.2 Å². The van der Waals surface area contributed by atoms with Gasteiger partial charge in [-0.3, -0.25) is 9.59 Å². The highest BCUT2D eigenvalue weighted by atomic mass is 16.5. The van der Waals surface area contributed by atoms with Gasteiger partial charge in [-0.05, 0) is 43.2 Å². The molecular weight excluding hydrogens is 340 g/mol. The topological polar surface area (TPSA) is 49.9 Å². The van der Waals surface area contributed by atoms with E-state index in [-0.39, 0.29) is 11.8 Å². The Morgan fingerprint density at radius 3 is 2.37 bits per heavy atom. The molecule has 142 valence electrons. The summed E-state index contributed by atoms with van der Waals surface area (Å²) in [6.07, 6.45) is 1.20. The van der Waals surface area contributed by atoms with Crippen LogP contribution in [-0.2, 0) is 11.2 Å². The average molecular weight is 366 g/mol. The van der Waals surface area contributed by atoms with Crippen molar-refractivity contribution in [1.82, 2.24) is 9.80 Å². The van der Waals surface area contributed by atoms with Gasteiger partial charge in [0.25, 0.3) is 5.91 Å². The predicted molar refractivity (Wildman–Crippen MR) is 105 cm³/mol. The van der Waals surface area contributed by atoms with Crippen LogP contribution in [-0.4, -0.2) is 54.9 Å². The lowest BCUT2D eigenvalue weighted by Crippen LogP contribution is -2.38. The number of ether oxygens (including phenoxy) is 1. The normalized spacial score (nSPS) is 14.6. The molecule has 1 aliphatic heterocycles. The van der Waals surface area contributed by atoms with Gasteiger partial charge >= 0.3 is 0 Å². The molecule has 1 heterocycles. The van der Waals surface area contributed by atoms with E-state index in [9.17, 15) is 9.59 Å². The molecule has 1 fully saturated rings.